The minimum atomic E-state index is -1.11. The summed E-state index contributed by atoms with van der Waals surface area (Å²) in [6.07, 6.45) is 0.994. The molecule has 2 aromatic rings. The Balaban J connectivity index is 2.35. The summed E-state index contributed by atoms with van der Waals surface area (Å²) in [4.78, 5) is 14.7. The number of rotatable bonds is 3. The lowest BCUT2D eigenvalue weighted by Crippen LogP contribution is -2.00. The summed E-state index contributed by atoms with van der Waals surface area (Å²) in [5.74, 6) is -1.34. The van der Waals surface area contributed by atoms with Crippen molar-refractivity contribution in [1.82, 2.24) is 4.98 Å². The average molecular weight is 312 g/mol. The van der Waals surface area contributed by atoms with Crippen LogP contribution in [0.1, 0.15) is 10.4 Å². The fourth-order valence-electron chi connectivity index (χ4n) is 1.29. The van der Waals surface area contributed by atoms with Gasteiger partial charge >= 0.3 is 5.97 Å². The van der Waals surface area contributed by atoms with Crippen molar-refractivity contribution < 1.29 is 19.0 Å². The first-order chi connectivity index (χ1) is 8.56. The van der Waals surface area contributed by atoms with Crippen LogP contribution in [-0.2, 0) is 0 Å². The van der Waals surface area contributed by atoms with Crippen molar-refractivity contribution in [1.29, 1.82) is 0 Å². The first-order valence-corrected chi connectivity index (χ1v) is 5.68. The lowest BCUT2D eigenvalue weighted by molar-refractivity contribution is 0.0694. The summed E-state index contributed by atoms with van der Waals surface area (Å²) in [6.45, 7) is 0. The average Bonchev–Trinajstić information content (AvgIpc) is 2.32. The van der Waals surface area contributed by atoms with Crippen molar-refractivity contribution in [2.45, 2.75) is 0 Å². The molecular formula is C12H7BrFNO3. The molecule has 0 aliphatic carbocycles. The van der Waals surface area contributed by atoms with Crippen molar-refractivity contribution in [2.75, 3.05) is 0 Å². The van der Waals surface area contributed by atoms with Crippen molar-refractivity contribution in [3.8, 4) is 11.6 Å². The second-order valence-corrected chi connectivity index (χ2v) is 4.28. The lowest BCUT2D eigenvalue weighted by atomic mass is 10.2. The Morgan fingerprint density at radius 2 is 2.11 bits per heavy atom. The quantitative estimate of drug-likeness (QED) is 0.943. The van der Waals surface area contributed by atoms with E-state index in [-0.39, 0.29) is 17.2 Å². The van der Waals surface area contributed by atoms with E-state index in [0.717, 1.165) is 6.20 Å². The van der Waals surface area contributed by atoms with Gasteiger partial charge < -0.3 is 9.84 Å². The Morgan fingerprint density at radius 3 is 2.72 bits per heavy atom. The van der Waals surface area contributed by atoms with E-state index in [1.54, 1.807) is 6.07 Å². The molecule has 1 aromatic carbocycles. The lowest BCUT2D eigenvalue weighted by Gasteiger charge is -2.08. The SMILES string of the molecule is O=C(O)c1ccc(Br)cc1Oc1ccc(F)cn1. The maximum Gasteiger partial charge on any atom is 0.339 e. The first-order valence-electron chi connectivity index (χ1n) is 4.88. The molecule has 1 N–H and O–H groups in total. The Morgan fingerprint density at radius 1 is 1.33 bits per heavy atom. The van der Waals surface area contributed by atoms with Crippen LogP contribution in [0.3, 0.4) is 0 Å². The standard InChI is InChI=1S/C12H7BrFNO3/c13-7-1-3-9(12(16)17)10(5-7)18-11-4-2-8(14)6-15-11/h1-6H,(H,16,17). The maximum atomic E-state index is 12.7. The molecule has 1 aromatic heterocycles. The van der Waals surface area contributed by atoms with Crippen LogP contribution >= 0.6 is 15.9 Å². The minimum Gasteiger partial charge on any atom is -0.478 e. The van der Waals surface area contributed by atoms with Gasteiger partial charge in [0.25, 0.3) is 0 Å². The van der Waals surface area contributed by atoms with Crippen LogP contribution < -0.4 is 4.74 Å². The van der Waals surface area contributed by atoms with Crippen LogP contribution in [0.2, 0.25) is 0 Å². The van der Waals surface area contributed by atoms with Gasteiger partial charge in [-0.2, -0.15) is 0 Å². The molecular weight excluding hydrogens is 305 g/mol. The van der Waals surface area contributed by atoms with Crippen molar-refractivity contribution in [3.05, 3.63) is 52.4 Å². The van der Waals surface area contributed by atoms with Crippen LogP contribution in [0, 0.1) is 5.82 Å². The molecule has 1 heterocycles. The third-order valence-corrected chi connectivity index (χ3v) is 2.58. The van der Waals surface area contributed by atoms with Gasteiger partial charge in [0.1, 0.15) is 17.1 Å². The number of halogens is 2. The molecule has 92 valence electrons. The highest BCUT2D eigenvalue weighted by atomic mass is 79.9. The smallest absolute Gasteiger partial charge is 0.339 e. The van der Waals surface area contributed by atoms with Crippen molar-refractivity contribution in [2.24, 2.45) is 0 Å². The Bertz CT molecular complexity index is 586. The summed E-state index contributed by atoms with van der Waals surface area (Å²) in [5.41, 5.74) is 0.00400. The van der Waals surface area contributed by atoms with E-state index in [9.17, 15) is 9.18 Å². The van der Waals surface area contributed by atoms with Crippen LogP contribution in [0.5, 0.6) is 11.6 Å². The number of hydrogen-bond donors (Lipinski definition) is 1. The molecule has 6 heteroatoms. The molecule has 0 amide bonds. The van der Waals surface area contributed by atoms with E-state index in [1.807, 2.05) is 0 Å². The van der Waals surface area contributed by atoms with Gasteiger partial charge in [0.2, 0.25) is 5.88 Å². The highest BCUT2D eigenvalue weighted by molar-refractivity contribution is 9.10. The number of ether oxygens (including phenoxy) is 1. The molecule has 0 aliphatic rings. The summed E-state index contributed by atoms with van der Waals surface area (Å²) >= 11 is 3.22. The van der Waals surface area contributed by atoms with Gasteiger partial charge in [-0.05, 0) is 24.3 Å². The molecule has 0 saturated carbocycles. The predicted molar refractivity (Wildman–Crippen MR) is 65.4 cm³/mol. The predicted octanol–water partition coefficient (Wildman–Crippen LogP) is 3.47. The minimum absolute atomic E-state index is 0.00400. The van der Waals surface area contributed by atoms with Gasteiger partial charge in [-0.1, -0.05) is 15.9 Å². The normalized spacial score (nSPS) is 10.1. The van der Waals surface area contributed by atoms with E-state index in [1.165, 1.54) is 24.3 Å². The Hall–Kier alpha value is -1.95. The number of pyridine rings is 1. The van der Waals surface area contributed by atoms with Crippen LogP contribution in [-0.4, -0.2) is 16.1 Å². The highest BCUT2D eigenvalue weighted by Crippen LogP contribution is 2.27. The number of carbonyl (C=O) groups is 1. The molecule has 4 nitrogen and oxygen atoms in total. The number of aromatic nitrogens is 1. The Labute approximate surface area is 110 Å². The molecule has 0 bridgehead atoms. The summed E-state index contributed by atoms with van der Waals surface area (Å²) in [5, 5.41) is 9.00. The molecule has 0 unspecified atom stereocenters. The zero-order valence-corrected chi connectivity index (χ0v) is 10.5. The second kappa shape index (κ2) is 5.14. The van der Waals surface area contributed by atoms with Gasteiger partial charge in [-0.25, -0.2) is 14.2 Å². The monoisotopic (exact) mass is 311 g/mol. The van der Waals surface area contributed by atoms with E-state index in [2.05, 4.69) is 20.9 Å². The molecule has 18 heavy (non-hydrogen) atoms. The fraction of sp³-hybridized carbons (Fsp3) is 0. The molecule has 0 saturated heterocycles. The number of carboxylic acid groups (broad SMARTS) is 1. The zero-order valence-electron chi connectivity index (χ0n) is 8.93. The molecule has 0 aliphatic heterocycles. The number of hydrogen-bond acceptors (Lipinski definition) is 3. The van der Waals surface area contributed by atoms with Crippen LogP contribution in [0.15, 0.2) is 41.0 Å². The third kappa shape index (κ3) is 2.84. The summed E-state index contributed by atoms with van der Waals surface area (Å²) < 4.78 is 18.7. The molecule has 0 fully saturated rings. The fourth-order valence-corrected chi connectivity index (χ4v) is 1.63. The highest BCUT2D eigenvalue weighted by Gasteiger charge is 2.12. The van der Waals surface area contributed by atoms with Gasteiger partial charge in [0.15, 0.2) is 0 Å². The zero-order chi connectivity index (χ0) is 13.1. The topological polar surface area (TPSA) is 59.4 Å². The first kappa shape index (κ1) is 12.5. The second-order valence-electron chi connectivity index (χ2n) is 3.36. The van der Waals surface area contributed by atoms with Gasteiger partial charge in [0, 0.05) is 10.5 Å². The third-order valence-electron chi connectivity index (χ3n) is 2.09. The van der Waals surface area contributed by atoms with E-state index in [0.29, 0.717) is 4.47 Å². The molecule has 2 rings (SSSR count). The van der Waals surface area contributed by atoms with Crippen molar-refractivity contribution in [3.63, 3.8) is 0 Å². The van der Waals surface area contributed by atoms with Gasteiger partial charge in [0.05, 0.1) is 6.20 Å². The molecule has 0 spiro atoms. The maximum absolute atomic E-state index is 12.7. The van der Waals surface area contributed by atoms with E-state index >= 15 is 0 Å². The van der Waals surface area contributed by atoms with Gasteiger partial charge in [-0.3, -0.25) is 0 Å². The molecule has 0 atom stereocenters. The number of aromatic carboxylic acids is 1. The number of nitrogens with zero attached hydrogens (tertiary/aromatic N) is 1. The number of carboxylic acids is 1. The summed E-state index contributed by atoms with van der Waals surface area (Å²) in [7, 11) is 0. The number of benzene rings is 1. The summed E-state index contributed by atoms with van der Waals surface area (Å²) in [6, 6.07) is 7.01. The van der Waals surface area contributed by atoms with Crippen LogP contribution in [0.25, 0.3) is 0 Å². The van der Waals surface area contributed by atoms with E-state index in [4.69, 9.17) is 9.84 Å². The van der Waals surface area contributed by atoms with E-state index < -0.39 is 11.8 Å². The molecule has 0 radical (unpaired) electrons. The van der Waals surface area contributed by atoms with Gasteiger partial charge in [-0.15, -0.1) is 0 Å². The van der Waals surface area contributed by atoms with Crippen LogP contribution in [0.4, 0.5) is 4.39 Å². The Kier molecular flexibility index (Phi) is 3.57. The van der Waals surface area contributed by atoms with Crippen molar-refractivity contribution >= 4 is 21.9 Å². The largest absolute Gasteiger partial charge is 0.478 e.